The van der Waals surface area contributed by atoms with E-state index in [1.165, 1.54) is 49.4 Å². The molecular formula is C61H49N3. The van der Waals surface area contributed by atoms with Gasteiger partial charge in [0.05, 0.1) is 23.4 Å². The Balaban J connectivity index is 1.03. The molecule has 0 saturated heterocycles. The van der Waals surface area contributed by atoms with Gasteiger partial charge in [0.1, 0.15) is 0 Å². The third-order valence-electron chi connectivity index (χ3n) is 12.8. The first-order valence-corrected chi connectivity index (χ1v) is 22.3. The first-order chi connectivity index (χ1) is 31.2. The second-order valence-corrected chi connectivity index (χ2v) is 17.5. The van der Waals surface area contributed by atoms with Gasteiger partial charge in [-0.05, 0) is 160 Å². The molecule has 3 nitrogen and oxygen atoms in total. The second kappa shape index (κ2) is 16.9. The number of fused-ring (bicyclic) bond motifs is 3. The van der Waals surface area contributed by atoms with E-state index in [2.05, 4.69) is 211 Å². The van der Waals surface area contributed by atoms with Gasteiger partial charge in [-0.15, -0.1) is 0 Å². The normalized spacial score (nSPS) is 14.9. The minimum absolute atomic E-state index is 0.0613. The van der Waals surface area contributed by atoms with Crippen molar-refractivity contribution in [1.29, 1.82) is 5.26 Å². The van der Waals surface area contributed by atoms with Crippen molar-refractivity contribution in [2.45, 2.75) is 47.1 Å². The molecule has 10 rings (SSSR count). The van der Waals surface area contributed by atoms with Crippen LogP contribution in [0.25, 0.3) is 66.1 Å². The van der Waals surface area contributed by atoms with Crippen molar-refractivity contribution in [3.05, 3.63) is 226 Å². The Bertz CT molecular complexity index is 3360. The lowest BCUT2D eigenvalue weighted by atomic mass is 9.82. The minimum Gasteiger partial charge on any atom is -0.257 e. The smallest absolute Gasteiger partial charge is 0.155 e. The van der Waals surface area contributed by atoms with Crippen LogP contribution >= 0.6 is 0 Å². The summed E-state index contributed by atoms with van der Waals surface area (Å²) in [6.07, 6.45) is 0.903. The van der Waals surface area contributed by atoms with Gasteiger partial charge in [-0.3, -0.25) is 4.99 Å². The van der Waals surface area contributed by atoms with Gasteiger partial charge in [-0.1, -0.05) is 163 Å². The van der Waals surface area contributed by atoms with Crippen molar-refractivity contribution in [3.63, 3.8) is 0 Å². The highest BCUT2D eigenvalue weighted by Gasteiger charge is 2.32. The fraction of sp³-hybridized carbons (Fsp3) is 0.131. The molecule has 1 heterocycles. The largest absolute Gasteiger partial charge is 0.257 e. The molecule has 0 saturated carbocycles. The van der Waals surface area contributed by atoms with Crippen molar-refractivity contribution >= 4 is 33.1 Å². The van der Waals surface area contributed by atoms with E-state index in [-0.39, 0.29) is 12.0 Å². The van der Waals surface area contributed by atoms with E-state index in [0.29, 0.717) is 5.56 Å². The van der Waals surface area contributed by atoms with Crippen LogP contribution in [0.4, 0.5) is 0 Å². The lowest BCUT2D eigenvalue weighted by Crippen LogP contribution is -2.28. The summed E-state index contributed by atoms with van der Waals surface area (Å²) < 4.78 is 0. The topological polar surface area (TPSA) is 48.5 Å². The first kappa shape index (κ1) is 40.4. The van der Waals surface area contributed by atoms with Crippen LogP contribution in [0.1, 0.15) is 63.9 Å². The number of aryl methyl sites for hydroxylation is 4. The van der Waals surface area contributed by atoms with Gasteiger partial charge in [0, 0.05) is 11.5 Å². The average molecular weight is 824 g/mol. The fourth-order valence-electron chi connectivity index (χ4n) is 9.91. The molecule has 0 amide bonds. The molecular weight excluding hydrogens is 775 g/mol. The number of benzene rings is 9. The Morgan fingerprint density at radius 3 is 1.69 bits per heavy atom. The standard InChI is InChI=1S/C61H49N3/c1-6-54-59(63-61(53-30-40(4)27-41(5)31-53)64-60(54)52-28-38(2)26-39(3)29-52)51-18-11-15-46(36-51)44-13-9-16-48(33-44)57-24-20-42(37-62)32-58(57)49-17-10-14-45(34-49)47-23-25-56-50(35-47)22-21-43-12-7-8-19-55(43)56/h7-36,54,60H,6H2,1-5H3. The molecule has 308 valence electrons. The summed E-state index contributed by atoms with van der Waals surface area (Å²) in [5.41, 5.74) is 18.8. The van der Waals surface area contributed by atoms with Crippen molar-refractivity contribution in [2.75, 3.05) is 0 Å². The van der Waals surface area contributed by atoms with Crippen LogP contribution in [0.15, 0.2) is 192 Å². The van der Waals surface area contributed by atoms with Crippen molar-refractivity contribution < 1.29 is 0 Å². The molecule has 64 heavy (non-hydrogen) atoms. The highest BCUT2D eigenvalue weighted by molar-refractivity contribution is 6.15. The van der Waals surface area contributed by atoms with Crippen molar-refractivity contribution in [1.82, 2.24) is 0 Å². The maximum atomic E-state index is 10.1. The maximum Gasteiger partial charge on any atom is 0.155 e. The highest BCUT2D eigenvalue weighted by Crippen LogP contribution is 2.40. The summed E-state index contributed by atoms with van der Waals surface area (Å²) in [6.45, 7) is 10.9. The number of amidine groups is 1. The van der Waals surface area contributed by atoms with Gasteiger partial charge in [0.2, 0.25) is 0 Å². The number of nitriles is 1. The van der Waals surface area contributed by atoms with E-state index in [1.54, 1.807) is 0 Å². The second-order valence-electron chi connectivity index (χ2n) is 17.5. The molecule has 2 unspecified atom stereocenters. The summed E-state index contributed by atoms with van der Waals surface area (Å²) >= 11 is 0. The van der Waals surface area contributed by atoms with E-state index in [9.17, 15) is 5.26 Å². The van der Waals surface area contributed by atoms with Gasteiger partial charge in [-0.25, -0.2) is 4.99 Å². The van der Waals surface area contributed by atoms with Gasteiger partial charge in [0.25, 0.3) is 0 Å². The van der Waals surface area contributed by atoms with E-state index in [4.69, 9.17) is 9.98 Å². The van der Waals surface area contributed by atoms with Crippen LogP contribution in [-0.2, 0) is 0 Å². The van der Waals surface area contributed by atoms with Crippen molar-refractivity contribution in [3.8, 4) is 50.6 Å². The third kappa shape index (κ3) is 7.85. The summed E-state index contributed by atoms with van der Waals surface area (Å²) in [6, 6.07) is 67.9. The zero-order valence-corrected chi connectivity index (χ0v) is 37.0. The molecule has 0 spiro atoms. The van der Waals surface area contributed by atoms with Gasteiger partial charge in [-0.2, -0.15) is 5.26 Å². The SMILES string of the molecule is CCC1C(c2cccc(-c3cccc(-c4ccc(C#N)cc4-c4cccc(-c5ccc6c(ccc7ccccc76)c5)c4)c3)c2)=NC(c2cc(C)cc(C)c2)=NC1c1cc(C)cc(C)c1. The zero-order valence-electron chi connectivity index (χ0n) is 37.0. The molecule has 0 aromatic heterocycles. The van der Waals surface area contributed by atoms with Crippen molar-refractivity contribution in [2.24, 2.45) is 15.9 Å². The molecule has 9 aromatic carbocycles. The zero-order chi connectivity index (χ0) is 43.9. The van der Waals surface area contributed by atoms with Crippen LogP contribution in [-0.4, -0.2) is 11.5 Å². The molecule has 1 aliphatic rings. The van der Waals surface area contributed by atoms with Gasteiger partial charge >= 0.3 is 0 Å². The molecule has 0 radical (unpaired) electrons. The van der Waals surface area contributed by atoms with Gasteiger partial charge < -0.3 is 0 Å². The third-order valence-corrected chi connectivity index (χ3v) is 12.8. The molecule has 0 N–H and O–H groups in total. The number of nitrogens with zero attached hydrogens (tertiary/aromatic N) is 3. The quantitative estimate of drug-likeness (QED) is 0.141. The van der Waals surface area contributed by atoms with Crippen LogP contribution in [0.3, 0.4) is 0 Å². The van der Waals surface area contributed by atoms with Crippen LogP contribution in [0.2, 0.25) is 0 Å². The maximum absolute atomic E-state index is 10.1. The molecule has 1 aliphatic heterocycles. The molecule has 0 aliphatic carbocycles. The summed E-state index contributed by atoms with van der Waals surface area (Å²) in [4.78, 5) is 10.9. The Labute approximate surface area is 376 Å². The van der Waals surface area contributed by atoms with Gasteiger partial charge in [0.15, 0.2) is 5.84 Å². The lowest BCUT2D eigenvalue weighted by molar-refractivity contribution is 0.532. The number of hydrogen-bond donors (Lipinski definition) is 0. The number of aliphatic imine (C=N–C) groups is 2. The molecule has 2 atom stereocenters. The van der Waals surface area contributed by atoms with Crippen LogP contribution < -0.4 is 0 Å². The molecule has 3 heteroatoms. The molecule has 9 aromatic rings. The molecule has 0 bridgehead atoms. The predicted molar refractivity (Wildman–Crippen MR) is 269 cm³/mol. The van der Waals surface area contributed by atoms with E-state index in [0.717, 1.165) is 73.6 Å². The summed E-state index contributed by atoms with van der Waals surface area (Å²) in [7, 11) is 0. The predicted octanol–water partition coefficient (Wildman–Crippen LogP) is 15.8. The van der Waals surface area contributed by atoms with Crippen LogP contribution in [0.5, 0.6) is 0 Å². The van der Waals surface area contributed by atoms with E-state index in [1.807, 2.05) is 12.1 Å². The summed E-state index contributed by atoms with van der Waals surface area (Å²) in [5, 5.41) is 15.1. The summed E-state index contributed by atoms with van der Waals surface area (Å²) in [5.74, 6) is 0.888. The Morgan fingerprint density at radius 2 is 1.02 bits per heavy atom. The van der Waals surface area contributed by atoms with Crippen LogP contribution in [0, 0.1) is 44.9 Å². The average Bonchev–Trinajstić information content (AvgIpc) is 3.32. The monoisotopic (exact) mass is 823 g/mol. The number of rotatable bonds is 8. The number of hydrogen-bond acceptors (Lipinski definition) is 3. The Kier molecular flexibility index (Phi) is 10.7. The highest BCUT2D eigenvalue weighted by atomic mass is 15.0. The van der Waals surface area contributed by atoms with E-state index >= 15 is 0 Å². The Hall–Kier alpha value is -7.67. The minimum atomic E-state index is -0.0613. The van der Waals surface area contributed by atoms with E-state index < -0.39 is 0 Å². The molecule has 0 fully saturated rings. The Morgan fingerprint density at radius 1 is 0.453 bits per heavy atom. The fourth-order valence-corrected chi connectivity index (χ4v) is 9.91. The first-order valence-electron chi connectivity index (χ1n) is 22.3. The lowest BCUT2D eigenvalue weighted by Gasteiger charge is -2.30.